The first-order chi connectivity index (χ1) is 8.09. The van der Waals surface area contributed by atoms with Crippen molar-refractivity contribution in [3.05, 3.63) is 53.1 Å². The summed E-state index contributed by atoms with van der Waals surface area (Å²) in [5.41, 5.74) is 4.23. The lowest BCUT2D eigenvalue weighted by Gasteiger charge is -2.15. The summed E-state index contributed by atoms with van der Waals surface area (Å²) in [5.74, 6) is 0. The van der Waals surface area contributed by atoms with Gasteiger partial charge in [-0.25, -0.2) is 4.98 Å². The molecule has 0 aliphatic carbocycles. The van der Waals surface area contributed by atoms with Crippen LogP contribution in [-0.2, 0) is 6.54 Å². The van der Waals surface area contributed by atoms with E-state index in [-0.39, 0.29) is 0 Å². The van der Waals surface area contributed by atoms with Crippen LogP contribution in [0.1, 0.15) is 28.6 Å². The van der Waals surface area contributed by atoms with E-state index in [1.807, 2.05) is 49.6 Å². The maximum atomic E-state index is 10.2. The van der Waals surface area contributed by atoms with Gasteiger partial charge in [-0.2, -0.15) is 0 Å². The Morgan fingerprint density at radius 3 is 2.53 bits per heavy atom. The molecule has 1 aromatic carbocycles. The molecule has 90 valence electrons. The molecule has 3 heteroatoms. The lowest BCUT2D eigenvalue weighted by Crippen LogP contribution is -2.10. The predicted octanol–water partition coefficient (Wildman–Crippen LogP) is 2.54. The van der Waals surface area contributed by atoms with Crippen LogP contribution in [0.5, 0.6) is 0 Å². The molecule has 1 N–H and O–H groups in total. The molecule has 0 saturated heterocycles. The highest BCUT2D eigenvalue weighted by molar-refractivity contribution is 5.27. The van der Waals surface area contributed by atoms with Crippen LogP contribution >= 0.6 is 0 Å². The van der Waals surface area contributed by atoms with Crippen molar-refractivity contribution in [1.82, 2.24) is 9.55 Å². The Kier molecular flexibility index (Phi) is 3.29. The van der Waals surface area contributed by atoms with Crippen LogP contribution in [0.3, 0.4) is 0 Å². The molecule has 0 aliphatic rings. The minimum Gasteiger partial charge on any atom is -0.387 e. The maximum absolute atomic E-state index is 10.2. The first kappa shape index (κ1) is 11.9. The Bertz CT molecular complexity index is 517. The highest BCUT2D eigenvalue weighted by Crippen LogP contribution is 2.20. The summed E-state index contributed by atoms with van der Waals surface area (Å²) in [6.45, 7) is 6.57. The number of aliphatic hydroxyl groups excluding tert-OH is 1. The van der Waals surface area contributed by atoms with E-state index in [1.165, 1.54) is 0 Å². The minimum atomic E-state index is -0.483. The van der Waals surface area contributed by atoms with Crippen LogP contribution in [0, 0.1) is 20.8 Å². The smallest absolute Gasteiger partial charge is 0.0971 e. The summed E-state index contributed by atoms with van der Waals surface area (Å²) in [6, 6.07) is 7.93. The number of aryl methyl sites for hydroxylation is 2. The summed E-state index contributed by atoms with van der Waals surface area (Å²) in [4.78, 5) is 4.24. The van der Waals surface area contributed by atoms with Gasteiger partial charge in [-0.3, -0.25) is 0 Å². The first-order valence-corrected chi connectivity index (χ1v) is 5.81. The van der Waals surface area contributed by atoms with Gasteiger partial charge in [0.05, 0.1) is 24.7 Å². The topological polar surface area (TPSA) is 38.0 Å². The second-order valence-corrected chi connectivity index (χ2v) is 4.44. The van der Waals surface area contributed by atoms with Gasteiger partial charge in [0.1, 0.15) is 0 Å². The molecule has 0 bridgehead atoms. The van der Waals surface area contributed by atoms with E-state index in [0.717, 1.165) is 22.5 Å². The lowest BCUT2D eigenvalue weighted by molar-refractivity contribution is 0.155. The second-order valence-electron chi connectivity index (χ2n) is 4.44. The van der Waals surface area contributed by atoms with Gasteiger partial charge in [0.25, 0.3) is 0 Å². The first-order valence-electron chi connectivity index (χ1n) is 5.81. The van der Waals surface area contributed by atoms with Crippen molar-refractivity contribution in [2.75, 3.05) is 0 Å². The van der Waals surface area contributed by atoms with Gasteiger partial charge in [0, 0.05) is 5.69 Å². The molecule has 2 rings (SSSR count). The molecule has 1 atom stereocenters. The van der Waals surface area contributed by atoms with Gasteiger partial charge in [-0.05, 0) is 31.9 Å². The van der Waals surface area contributed by atoms with E-state index < -0.39 is 6.10 Å². The fraction of sp³-hybridized carbons (Fsp3) is 0.357. The van der Waals surface area contributed by atoms with Gasteiger partial charge in [0.2, 0.25) is 0 Å². The average Bonchev–Trinajstić information content (AvgIpc) is 2.61. The highest BCUT2D eigenvalue weighted by atomic mass is 16.3. The van der Waals surface area contributed by atoms with Crippen molar-refractivity contribution in [2.24, 2.45) is 0 Å². The molecule has 1 unspecified atom stereocenters. The fourth-order valence-electron chi connectivity index (χ4n) is 1.97. The van der Waals surface area contributed by atoms with E-state index in [1.54, 1.807) is 6.33 Å². The van der Waals surface area contributed by atoms with Crippen LogP contribution in [-0.4, -0.2) is 14.7 Å². The third kappa shape index (κ3) is 2.39. The third-order valence-electron chi connectivity index (χ3n) is 3.26. The molecular weight excluding hydrogens is 212 g/mol. The average molecular weight is 230 g/mol. The minimum absolute atomic E-state index is 0.483. The number of rotatable bonds is 3. The highest BCUT2D eigenvalue weighted by Gasteiger charge is 2.12. The number of aromatic nitrogens is 2. The fourth-order valence-corrected chi connectivity index (χ4v) is 1.97. The maximum Gasteiger partial charge on any atom is 0.0971 e. The number of benzene rings is 1. The molecule has 0 saturated carbocycles. The second kappa shape index (κ2) is 4.72. The summed E-state index contributed by atoms with van der Waals surface area (Å²) in [6.07, 6.45) is 1.30. The molecule has 0 spiro atoms. The summed E-state index contributed by atoms with van der Waals surface area (Å²) >= 11 is 0. The van der Waals surface area contributed by atoms with Crippen molar-refractivity contribution in [3.63, 3.8) is 0 Å². The molecule has 2 aromatic rings. The molecule has 0 fully saturated rings. The van der Waals surface area contributed by atoms with E-state index in [9.17, 15) is 5.11 Å². The normalized spacial score (nSPS) is 12.7. The standard InChI is InChI=1S/C14H18N2O/c1-10-6-4-5-7-13(10)14(17)8-16-9-15-11(2)12(16)3/h4-7,9,14,17H,8H2,1-3H3. The number of imidazole rings is 1. The molecule has 1 aromatic heterocycles. The predicted molar refractivity (Wildman–Crippen MR) is 67.8 cm³/mol. The number of aliphatic hydroxyl groups is 1. The van der Waals surface area contributed by atoms with Crippen molar-refractivity contribution in [2.45, 2.75) is 33.4 Å². The van der Waals surface area contributed by atoms with Crippen LogP contribution in [0.2, 0.25) is 0 Å². The van der Waals surface area contributed by atoms with Crippen molar-refractivity contribution >= 4 is 0 Å². The third-order valence-corrected chi connectivity index (χ3v) is 3.26. The molecule has 0 radical (unpaired) electrons. The molecule has 3 nitrogen and oxygen atoms in total. The SMILES string of the molecule is Cc1ccccc1C(O)Cn1cnc(C)c1C. The Morgan fingerprint density at radius 1 is 1.24 bits per heavy atom. The van der Waals surface area contributed by atoms with Gasteiger partial charge >= 0.3 is 0 Å². The monoisotopic (exact) mass is 230 g/mol. The molecule has 0 amide bonds. The van der Waals surface area contributed by atoms with Crippen LogP contribution in [0.25, 0.3) is 0 Å². The summed E-state index contributed by atoms with van der Waals surface area (Å²) in [5, 5.41) is 10.2. The Balaban J connectivity index is 2.20. The molecule has 17 heavy (non-hydrogen) atoms. The quantitative estimate of drug-likeness (QED) is 0.880. The van der Waals surface area contributed by atoms with Gasteiger partial charge in [0.15, 0.2) is 0 Å². The lowest BCUT2D eigenvalue weighted by atomic mass is 10.0. The molecule has 0 aliphatic heterocycles. The summed E-state index contributed by atoms with van der Waals surface area (Å²) in [7, 11) is 0. The van der Waals surface area contributed by atoms with Crippen molar-refractivity contribution in [1.29, 1.82) is 0 Å². The van der Waals surface area contributed by atoms with Crippen molar-refractivity contribution in [3.8, 4) is 0 Å². The number of hydrogen-bond donors (Lipinski definition) is 1. The zero-order chi connectivity index (χ0) is 12.4. The van der Waals surface area contributed by atoms with E-state index in [0.29, 0.717) is 6.54 Å². The summed E-state index contributed by atoms with van der Waals surface area (Å²) < 4.78 is 1.99. The van der Waals surface area contributed by atoms with Crippen LogP contribution in [0.15, 0.2) is 30.6 Å². The van der Waals surface area contributed by atoms with Crippen LogP contribution < -0.4 is 0 Å². The van der Waals surface area contributed by atoms with E-state index in [4.69, 9.17) is 0 Å². The van der Waals surface area contributed by atoms with E-state index in [2.05, 4.69) is 4.98 Å². The van der Waals surface area contributed by atoms with Crippen molar-refractivity contribution < 1.29 is 5.11 Å². The van der Waals surface area contributed by atoms with Gasteiger partial charge in [-0.1, -0.05) is 24.3 Å². The number of hydrogen-bond acceptors (Lipinski definition) is 2. The largest absolute Gasteiger partial charge is 0.387 e. The zero-order valence-corrected chi connectivity index (χ0v) is 10.5. The van der Waals surface area contributed by atoms with E-state index >= 15 is 0 Å². The molecule has 1 heterocycles. The van der Waals surface area contributed by atoms with Crippen LogP contribution in [0.4, 0.5) is 0 Å². The Hall–Kier alpha value is -1.61. The zero-order valence-electron chi connectivity index (χ0n) is 10.5. The molecular formula is C14H18N2O. The number of nitrogens with zero attached hydrogens (tertiary/aromatic N) is 2. The van der Waals surface area contributed by atoms with Gasteiger partial charge < -0.3 is 9.67 Å². The Labute approximate surface area is 102 Å². The van der Waals surface area contributed by atoms with Gasteiger partial charge in [-0.15, -0.1) is 0 Å². The Morgan fingerprint density at radius 2 is 1.94 bits per heavy atom.